The number of esters is 1. The molecule has 0 rings (SSSR count). The first-order valence-electron chi connectivity index (χ1n) is 37.1. The number of phosphoric ester groups is 1. The lowest BCUT2D eigenvalue weighted by molar-refractivity contribution is -0.870. The second kappa shape index (κ2) is 65.7. The van der Waals surface area contributed by atoms with Crippen LogP contribution in [0, 0.1) is 0 Å². The van der Waals surface area contributed by atoms with E-state index >= 15 is 0 Å². The Hall–Kier alpha value is -2.29. The van der Waals surface area contributed by atoms with E-state index in [1.54, 1.807) is 0 Å². The number of phosphoric acid groups is 1. The quantitative estimate of drug-likeness (QED) is 0.0205. The van der Waals surface area contributed by atoms with Gasteiger partial charge in [0.05, 0.1) is 33.8 Å². The highest BCUT2D eigenvalue weighted by Crippen LogP contribution is 2.43. The number of allylic oxidation sites excluding steroid dienone is 9. The fraction of sp³-hybridized carbons (Fsp3) is 0.842. The molecule has 0 aromatic heterocycles. The minimum absolute atomic E-state index is 0.0389. The van der Waals surface area contributed by atoms with Crippen molar-refractivity contribution in [1.29, 1.82) is 0 Å². The molecule has 86 heavy (non-hydrogen) atoms. The molecular formula is C76H144N2O7P+. The normalized spacial score (nSPS) is 13.8. The van der Waals surface area contributed by atoms with Gasteiger partial charge in [-0.25, -0.2) is 4.57 Å². The van der Waals surface area contributed by atoms with Crippen LogP contribution in [0.5, 0.6) is 0 Å². The van der Waals surface area contributed by atoms with E-state index in [-0.39, 0.29) is 31.5 Å². The van der Waals surface area contributed by atoms with E-state index in [4.69, 9.17) is 13.8 Å². The van der Waals surface area contributed by atoms with Gasteiger partial charge in [-0.3, -0.25) is 18.6 Å². The highest BCUT2D eigenvalue weighted by atomic mass is 31.2. The number of carbonyl (C=O) groups excluding carboxylic acids is 2. The van der Waals surface area contributed by atoms with Crippen LogP contribution in [0.15, 0.2) is 60.8 Å². The molecule has 0 aromatic rings. The number of likely N-dealkylation sites (N-methyl/N-ethyl adjacent to an activating group) is 1. The number of rotatable bonds is 68. The zero-order valence-electron chi connectivity index (χ0n) is 57.8. The highest BCUT2D eigenvalue weighted by Gasteiger charge is 2.30. The van der Waals surface area contributed by atoms with Crippen molar-refractivity contribution in [3.05, 3.63) is 60.8 Å². The molecule has 0 aromatic carbocycles. The topological polar surface area (TPSA) is 111 Å². The molecule has 3 atom stereocenters. The standard InChI is InChI=1S/C76H143N2O7P/c1-7-10-13-16-19-22-25-28-30-32-34-36-38-39-41-42-44-46-48-50-53-56-59-62-65-68-75(79)77-73(72-84-86(81,82)83-71-70-78(4,5)6)74(67-64-61-58-55-52-27-24-21-18-15-12-9-3)85-76(80)69-66-63-60-57-54-51-49-47-45-43-40-37-35-33-31-29-26-23-20-17-14-11-8-2/h20,23,29,31,35,37,43,45,64,67,73-74H,7-19,21-22,24-28,30,32-34,36,38-42,44,46-63,65-66,68-72H2,1-6H3,(H-,77,79,81,82)/p+1/b23-20-,31-29-,37-35-,45-43-,67-64+. The molecule has 0 aliphatic heterocycles. The van der Waals surface area contributed by atoms with Crippen molar-refractivity contribution in [3.63, 3.8) is 0 Å². The van der Waals surface area contributed by atoms with Crippen LogP contribution in [0.1, 0.15) is 361 Å². The summed E-state index contributed by atoms with van der Waals surface area (Å²) in [5.74, 6) is -0.502. The molecule has 2 N–H and O–H groups in total. The number of quaternary nitrogens is 1. The van der Waals surface area contributed by atoms with Crippen molar-refractivity contribution in [2.75, 3.05) is 40.9 Å². The minimum Gasteiger partial charge on any atom is -0.456 e. The van der Waals surface area contributed by atoms with Crippen LogP contribution in [0.2, 0.25) is 0 Å². The summed E-state index contributed by atoms with van der Waals surface area (Å²) < 4.78 is 30.9. The molecule has 0 radical (unpaired) electrons. The number of unbranched alkanes of at least 4 members (excludes halogenated alkanes) is 44. The van der Waals surface area contributed by atoms with Crippen LogP contribution < -0.4 is 5.32 Å². The first kappa shape index (κ1) is 83.7. The van der Waals surface area contributed by atoms with Crippen molar-refractivity contribution in [1.82, 2.24) is 5.32 Å². The SMILES string of the molecule is CCCCC/C=C\C/C=C\C/C=C\C/C=C\CCCCCCCCCC(=O)OC(/C=C/CCCCCCCCCCCC)C(COP(=O)(O)OCC[N+](C)(C)C)NC(=O)CCCCCCCCCCCCCCCCCCCCCCCCCCC. The maximum Gasteiger partial charge on any atom is 0.472 e. The maximum absolute atomic E-state index is 13.6. The third-order valence-electron chi connectivity index (χ3n) is 16.7. The summed E-state index contributed by atoms with van der Waals surface area (Å²) in [7, 11) is 1.50. The van der Waals surface area contributed by atoms with E-state index in [1.165, 1.54) is 238 Å². The molecule has 0 heterocycles. The molecule has 0 bridgehead atoms. The van der Waals surface area contributed by atoms with Crippen LogP contribution in [0.4, 0.5) is 0 Å². The van der Waals surface area contributed by atoms with Gasteiger partial charge in [-0.2, -0.15) is 0 Å². The average Bonchev–Trinajstić information content (AvgIpc) is 3.69. The van der Waals surface area contributed by atoms with Gasteiger partial charge in [0.1, 0.15) is 19.3 Å². The molecule has 0 spiro atoms. The first-order valence-corrected chi connectivity index (χ1v) is 38.6. The van der Waals surface area contributed by atoms with Crippen molar-refractivity contribution in [2.45, 2.75) is 373 Å². The Kier molecular flexibility index (Phi) is 63.9. The number of amides is 1. The minimum atomic E-state index is -4.46. The lowest BCUT2D eigenvalue weighted by Gasteiger charge is -2.27. The molecule has 0 aliphatic carbocycles. The highest BCUT2D eigenvalue weighted by molar-refractivity contribution is 7.47. The molecule has 0 fully saturated rings. The number of hydrogen-bond donors (Lipinski definition) is 2. The van der Waals surface area contributed by atoms with Crippen LogP contribution in [-0.4, -0.2) is 74.3 Å². The number of nitrogens with zero attached hydrogens (tertiary/aromatic N) is 1. The number of hydrogen-bond acceptors (Lipinski definition) is 6. The summed E-state index contributed by atoms with van der Waals surface area (Å²) in [5.41, 5.74) is 0. The summed E-state index contributed by atoms with van der Waals surface area (Å²) in [4.78, 5) is 37.9. The van der Waals surface area contributed by atoms with Crippen LogP contribution >= 0.6 is 7.82 Å². The summed E-state index contributed by atoms with van der Waals surface area (Å²) in [6.45, 7) is 7.03. The molecule has 3 unspecified atom stereocenters. The largest absolute Gasteiger partial charge is 0.472 e. The lowest BCUT2D eigenvalue weighted by Crippen LogP contribution is -2.47. The molecule has 0 aliphatic rings. The predicted molar refractivity (Wildman–Crippen MR) is 374 cm³/mol. The van der Waals surface area contributed by atoms with Crippen LogP contribution in [0.3, 0.4) is 0 Å². The van der Waals surface area contributed by atoms with Gasteiger partial charge in [-0.15, -0.1) is 0 Å². The molecule has 0 saturated carbocycles. The summed E-state index contributed by atoms with van der Waals surface area (Å²) in [6, 6.07) is -0.853. The van der Waals surface area contributed by atoms with Gasteiger partial charge in [-0.05, 0) is 76.7 Å². The fourth-order valence-electron chi connectivity index (χ4n) is 11.0. The first-order chi connectivity index (χ1) is 41.9. The predicted octanol–water partition coefficient (Wildman–Crippen LogP) is 23.7. The van der Waals surface area contributed by atoms with Gasteiger partial charge in [0.25, 0.3) is 0 Å². The second-order valence-electron chi connectivity index (χ2n) is 26.5. The Labute approximate surface area is 534 Å². The molecular weight excluding hydrogens is 1080 g/mol. The third-order valence-corrected chi connectivity index (χ3v) is 17.7. The third kappa shape index (κ3) is 66.1. The van der Waals surface area contributed by atoms with Crippen molar-refractivity contribution in [2.24, 2.45) is 0 Å². The monoisotopic (exact) mass is 1230 g/mol. The van der Waals surface area contributed by atoms with E-state index in [0.29, 0.717) is 17.4 Å². The molecule has 9 nitrogen and oxygen atoms in total. The summed E-state index contributed by atoms with van der Waals surface area (Å²) in [6.07, 6.45) is 85.3. The van der Waals surface area contributed by atoms with Gasteiger partial charge >= 0.3 is 13.8 Å². The zero-order valence-corrected chi connectivity index (χ0v) is 58.7. The van der Waals surface area contributed by atoms with Crippen LogP contribution in [-0.2, 0) is 27.9 Å². The van der Waals surface area contributed by atoms with Gasteiger partial charge in [0, 0.05) is 12.8 Å². The molecule has 504 valence electrons. The van der Waals surface area contributed by atoms with Gasteiger partial charge in [0.15, 0.2) is 0 Å². The van der Waals surface area contributed by atoms with E-state index in [2.05, 4.69) is 74.7 Å². The molecule has 1 amide bonds. The van der Waals surface area contributed by atoms with E-state index in [9.17, 15) is 19.0 Å². The Morgan fingerprint density at radius 2 is 0.709 bits per heavy atom. The average molecular weight is 1230 g/mol. The lowest BCUT2D eigenvalue weighted by atomic mass is 10.0. The smallest absolute Gasteiger partial charge is 0.456 e. The number of nitrogens with one attached hydrogen (secondary N) is 1. The Morgan fingerprint density at radius 1 is 0.407 bits per heavy atom. The van der Waals surface area contributed by atoms with Crippen molar-refractivity contribution in [3.8, 4) is 0 Å². The summed E-state index contributed by atoms with van der Waals surface area (Å²) >= 11 is 0. The number of ether oxygens (including phenoxy) is 1. The Bertz CT molecular complexity index is 1650. The maximum atomic E-state index is 13.6. The zero-order chi connectivity index (χ0) is 62.8. The second-order valence-corrected chi connectivity index (χ2v) is 27.9. The van der Waals surface area contributed by atoms with Gasteiger partial charge in [-0.1, -0.05) is 332 Å². The van der Waals surface area contributed by atoms with Gasteiger partial charge in [0.2, 0.25) is 5.91 Å². The van der Waals surface area contributed by atoms with Gasteiger partial charge < -0.3 is 19.4 Å². The van der Waals surface area contributed by atoms with Crippen molar-refractivity contribution < 1.29 is 37.3 Å². The van der Waals surface area contributed by atoms with Crippen LogP contribution in [0.25, 0.3) is 0 Å². The fourth-order valence-corrected chi connectivity index (χ4v) is 11.7. The summed E-state index contributed by atoms with van der Waals surface area (Å²) in [5, 5.41) is 3.08. The van der Waals surface area contributed by atoms with E-state index in [0.717, 1.165) is 89.9 Å². The molecule has 0 saturated heterocycles. The number of carbonyl (C=O) groups is 2. The Morgan fingerprint density at radius 3 is 1.08 bits per heavy atom. The van der Waals surface area contributed by atoms with Crippen molar-refractivity contribution >= 4 is 19.7 Å². The van der Waals surface area contributed by atoms with E-state index < -0.39 is 20.0 Å². The molecule has 10 heteroatoms. The van der Waals surface area contributed by atoms with E-state index in [1.807, 2.05) is 33.3 Å². The Balaban J connectivity index is 5.03.